The maximum absolute atomic E-state index is 4.39. The van der Waals surface area contributed by atoms with Crippen LogP contribution in [0.25, 0.3) is 0 Å². The van der Waals surface area contributed by atoms with E-state index in [1.165, 1.54) is 10.5 Å². The molecule has 114 valence electrons. The Hall–Kier alpha value is -0.780. The fourth-order valence-electron chi connectivity index (χ4n) is 2.06. The van der Waals surface area contributed by atoms with Crippen molar-refractivity contribution in [3.05, 3.63) is 46.7 Å². The quantitative estimate of drug-likeness (QED) is 0.696. The molecule has 0 aliphatic carbocycles. The summed E-state index contributed by atoms with van der Waals surface area (Å²) in [5.41, 5.74) is 1.27. The number of aromatic nitrogens is 2. The molecule has 0 saturated carbocycles. The van der Waals surface area contributed by atoms with Crippen LogP contribution in [0.4, 0.5) is 0 Å². The van der Waals surface area contributed by atoms with Gasteiger partial charge in [-0.1, -0.05) is 19.1 Å². The summed E-state index contributed by atoms with van der Waals surface area (Å²) in [6.07, 6.45) is 5.27. The van der Waals surface area contributed by atoms with Gasteiger partial charge in [-0.15, -0.1) is 11.8 Å². The van der Waals surface area contributed by atoms with E-state index in [1.807, 2.05) is 28.7 Å². The first-order valence-corrected chi connectivity index (χ1v) is 9.15. The number of hydrogen-bond acceptors (Lipinski definition) is 3. The van der Waals surface area contributed by atoms with Gasteiger partial charge in [-0.05, 0) is 48.0 Å². The first-order chi connectivity index (χ1) is 10.2. The van der Waals surface area contributed by atoms with Crippen LogP contribution < -0.4 is 5.32 Å². The average Bonchev–Trinajstić information content (AvgIpc) is 2.98. The zero-order valence-electron chi connectivity index (χ0n) is 12.6. The van der Waals surface area contributed by atoms with Crippen LogP contribution in [0, 0.1) is 0 Å². The first-order valence-electron chi connectivity index (χ1n) is 7.37. The summed E-state index contributed by atoms with van der Waals surface area (Å²) in [7, 11) is 0. The molecule has 0 aliphatic rings. The van der Waals surface area contributed by atoms with Crippen LogP contribution in [0.2, 0.25) is 0 Å². The lowest BCUT2D eigenvalue weighted by atomic mass is 10.2. The van der Waals surface area contributed by atoms with E-state index in [0.29, 0.717) is 6.04 Å². The van der Waals surface area contributed by atoms with E-state index in [-0.39, 0.29) is 0 Å². The van der Waals surface area contributed by atoms with Gasteiger partial charge < -0.3 is 5.32 Å². The largest absolute Gasteiger partial charge is 0.309 e. The van der Waals surface area contributed by atoms with Crippen molar-refractivity contribution in [1.29, 1.82) is 0 Å². The summed E-state index contributed by atoms with van der Waals surface area (Å²) >= 11 is 5.48. The van der Waals surface area contributed by atoms with Crippen molar-refractivity contribution in [2.45, 2.75) is 37.8 Å². The molecular formula is C16H22BrN3S. The second kappa shape index (κ2) is 8.61. The van der Waals surface area contributed by atoms with Gasteiger partial charge in [0.2, 0.25) is 0 Å². The molecule has 1 N–H and O–H groups in total. The maximum Gasteiger partial charge on any atom is 0.0537 e. The highest BCUT2D eigenvalue weighted by Gasteiger charge is 2.14. The molecule has 0 aliphatic heterocycles. The molecule has 0 saturated heterocycles. The Labute approximate surface area is 139 Å². The first kappa shape index (κ1) is 16.6. The Morgan fingerprint density at radius 1 is 1.33 bits per heavy atom. The molecule has 1 atom stereocenters. The summed E-state index contributed by atoms with van der Waals surface area (Å²) in [6.45, 7) is 6.25. The number of benzene rings is 1. The summed E-state index contributed by atoms with van der Waals surface area (Å²) in [6, 6.07) is 8.71. The van der Waals surface area contributed by atoms with Crippen LogP contribution in [-0.2, 0) is 6.54 Å². The Morgan fingerprint density at radius 3 is 2.81 bits per heavy atom. The molecule has 0 spiro atoms. The average molecular weight is 368 g/mol. The van der Waals surface area contributed by atoms with E-state index >= 15 is 0 Å². The highest BCUT2D eigenvalue weighted by Crippen LogP contribution is 2.30. The third-order valence-electron chi connectivity index (χ3n) is 3.26. The topological polar surface area (TPSA) is 29.9 Å². The Morgan fingerprint density at radius 2 is 2.14 bits per heavy atom. The summed E-state index contributed by atoms with van der Waals surface area (Å²) in [5.74, 6) is 0.998. The molecule has 0 fully saturated rings. The van der Waals surface area contributed by atoms with Gasteiger partial charge in [-0.25, -0.2) is 0 Å². The van der Waals surface area contributed by atoms with Gasteiger partial charge in [0.25, 0.3) is 0 Å². The van der Waals surface area contributed by atoms with Crippen molar-refractivity contribution in [2.75, 3.05) is 12.3 Å². The number of nitrogens with zero attached hydrogens (tertiary/aromatic N) is 2. The van der Waals surface area contributed by atoms with Gasteiger partial charge in [0.05, 0.1) is 6.20 Å². The van der Waals surface area contributed by atoms with Crippen LogP contribution in [0.1, 0.15) is 31.9 Å². The maximum atomic E-state index is 4.39. The summed E-state index contributed by atoms with van der Waals surface area (Å²) in [4.78, 5) is 1.28. The third-order valence-corrected chi connectivity index (χ3v) is 5.38. The SMILES string of the molecule is CCCNC(CSc1ccccc1Br)c1cnn(CC)c1. The highest BCUT2D eigenvalue weighted by atomic mass is 79.9. The fourth-order valence-corrected chi connectivity index (χ4v) is 3.72. The van der Waals surface area contributed by atoms with Crippen molar-refractivity contribution in [3.63, 3.8) is 0 Å². The molecule has 1 unspecified atom stereocenters. The van der Waals surface area contributed by atoms with Gasteiger partial charge in [0, 0.05) is 39.5 Å². The van der Waals surface area contributed by atoms with Crippen molar-refractivity contribution < 1.29 is 0 Å². The van der Waals surface area contributed by atoms with Crippen LogP contribution in [0.5, 0.6) is 0 Å². The van der Waals surface area contributed by atoms with Crippen LogP contribution in [-0.4, -0.2) is 22.1 Å². The van der Waals surface area contributed by atoms with Crippen molar-refractivity contribution in [1.82, 2.24) is 15.1 Å². The van der Waals surface area contributed by atoms with Crippen LogP contribution >= 0.6 is 27.7 Å². The molecule has 21 heavy (non-hydrogen) atoms. The minimum absolute atomic E-state index is 0.336. The molecule has 5 heteroatoms. The predicted molar refractivity (Wildman–Crippen MR) is 93.8 cm³/mol. The van der Waals surface area contributed by atoms with E-state index in [4.69, 9.17) is 0 Å². The van der Waals surface area contributed by atoms with Gasteiger partial charge >= 0.3 is 0 Å². The number of halogens is 1. The standard InChI is InChI=1S/C16H22BrN3S/c1-3-9-18-15(13-10-19-20(4-2)11-13)12-21-16-8-6-5-7-14(16)17/h5-8,10-11,15,18H,3-4,9,12H2,1-2H3. The number of nitrogens with one attached hydrogen (secondary N) is 1. The number of hydrogen-bond donors (Lipinski definition) is 1. The molecule has 1 heterocycles. The third kappa shape index (κ3) is 4.87. The van der Waals surface area contributed by atoms with E-state index in [9.17, 15) is 0 Å². The normalized spacial score (nSPS) is 12.5. The number of aryl methyl sites for hydroxylation is 1. The molecule has 0 amide bonds. The van der Waals surface area contributed by atoms with Gasteiger partial charge in [0.15, 0.2) is 0 Å². The zero-order chi connectivity index (χ0) is 15.1. The Balaban J connectivity index is 2.04. The molecule has 2 rings (SSSR count). The second-order valence-corrected chi connectivity index (χ2v) is 6.79. The zero-order valence-corrected chi connectivity index (χ0v) is 15.0. The molecular weight excluding hydrogens is 346 g/mol. The Bertz CT molecular complexity index is 556. The van der Waals surface area contributed by atoms with Crippen LogP contribution in [0.3, 0.4) is 0 Å². The van der Waals surface area contributed by atoms with E-state index < -0.39 is 0 Å². The minimum atomic E-state index is 0.336. The highest BCUT2D eigenvalue weighted by molar-refractivity contribution is 9.10. The van der Waals surface area contributed by atoms with E-state index in [2.05, 4.69) is 64.6 Å². The minimum Gasteiger partial charge on any atom is -0.309 e. The van der Waals surface area contributed by atoms with Crippen molar-refractivity contribution in [2.24, 2.45) is 0 Å². The summed E-state index contributed by atoms with van der Waals surface area (Å²) < 4.78 is 3.15. The monoisotopic (exact) mass is 367 g/mol. The van der Waals surface area contributed by atoms with Crippen molar-refractivity contribution in [3.8, 4) is 0 Å². The van der Waals surface area contributed by atoms with E-state index in [1.54, 1.807) is 0 Å². The van der Waals surface area contributed by atoms with Crippen molar-refractivity contribution >= 4 is 27.7 Å². The van der Waals surface area contributed by atoms with Gasteiger partial charge in [0.1, 0.15) is 0 Å². The lowest BCUT2D eigenvalue weighted by Gasteiger charge is -2.17. The lowest BCUT2D eigenvalue weighted by Crippen LogP contribution is -2.23. The van der Waals surface area contributed by atoms with Gasteiger partial charge in [-0.3, -0.25) is 4.68 Å². The molecule has 3 nitrogen and oxygen atoms in total. The lowest BCUT2D eigenvalue weighted by molar-refractivity contribution is 0.575. The number of rotatable bonds is 8. The smallest absolute Gasteiger partial charge is 0.0537 e. The summed E-state index contributed by atoms with van der Waals surface area (Å²) in [5, 5.41) is 8.02. The molecule has 2 aromatic rings. The molecule has 1 aromatic heterocycles. The molecule has 1 aromatic carbocycles. The van der Waals surface area contributed by atoms with E-state index in [0.717, 1.165) is 29.7 Å². The second-order valence-electron chi connectivity index (χ2n) is 4.88. The number of thioether (sulfide) groups is 1. The molecule has 0 radical (unpaired) electrons. The Kier molecular flexibility index (Phi) is 6.80. The fraction of sp³-hybridized carbons (Fsp3) is 0.438. The molecule has 0 bridgehead atoms. The predicted octanol–water partition coefficient (Wildman–Crippen LogP) is 4.50. The van der Waals surface area contributed by atoms with Crippen LogP contribution in [0.15, 0.2) is 46.0 Å². The van der Waals surface area contributed by atoms with Gasteiger partial charge in [-0.2, -0.15) is 5.10 Å².